The van der Waals surface area contributed by atoms with Gasteiger partial charge in [-0.15, -0.1) is 0 Å². The number of aromatic nitrogens is 4. The van der Waals surface area contributed by atoms with Crippen LogP contribution >= 0.6 is 0 Å². The van der Waals surface area contributed by atoms with Crippen molar-refractivity contribution in [2.75, 3.05) is 0 Å². The van der Waals surface area contributed by atoms with Gasteiger partial charge in [0.25, 0.3) is 0 Å². The molecule has 2 aromatic heterocycles. The molecule has 1 aliphatic rings. The third-order valence-electron chi connectivity index (χ3n) is 5.97. The van der Waals surface area contributed by atoms with Gasteiger partial charge in [0.15, 0.2) is 23.1 Å². The molecule has 35 heavy (non-hydrogen) atoms. The molecule has 1 aliphatic heterocycles. The van der Waals surface area contributed by atoms with Gasteiger partial charge in [-0.2, -0.15) is 14.7 Å². The lowest BCUT2D eigenvalue weighted by Crippen LogP contribution is -2.09. The van der Waals surface area contributed by atoms with E-state index in [1.807, 2.05) is 96.0 Å². The summed E-state index contributed by atoms with van der Waals surface area (Å²) in [5, 5.41) is 9.55. The fourth-order valence-electron chi connectivity index (χ4n) is 4.30. The van der Waals surface area contributed by atoms with E-state index >= 15 is 0 Å². The summed E-state index contributed by atoms with van der Waals surface area (Å²) >= 11 is 0. The average molecular weight is 458 g/mol. The fourth-order valence-corrected chi connectivity index (χ4v) is 4.30. The van der Waals surface area contributed by atoms with Gasteiger partial charge in [0.2, 0.25) is 0 Å². The number of benzene rings is 3. The van der Waals surface area contributed by atoms with Crippen molar-refractivity contribution in [3.8, 4) is 11.4 Å². The zero-order valence-electron chi connectivity index (χ0n) is 19.7. The van der Waals surface area contributed by atoms with Crippen LogP contribution in [0.2, 0.25) is 0 Å². The molecule has 0 fully saturated rings. The topological polar surface area (TPSA) is 72.2 Å². The third-order valence-corrected chi connectivity index (χ3v) is 5.97. The summed E-state index contributed by atoms with van der Waals surface area (Å²) in [6, 6.07) is 28.3. The molecule has 7 nitrogen and oxygen atoms in total. The monoisotopic (exact) mass is 457 g/mol. The largest absolute Gasteiger partial charge is 0.247 e. The number of rotatable bonds is 4. The maximum absolute atomic E-state index is 5.02. The number of fused-ring (bicyclic) bond motifs is 1. The quantitative estimate of drug-likeness (QED) is 0.366. The molecule has 0 N–H and O–H groups in total. The Balaban J connectivity index is 1.53. The van der Waals surface area contributed by atoms with Gasteiger partial charge in [-0.1, -0.05) is 84.4 Å². The van der Waals surface area contributed by atoms with Crippen molar-refractivity contribution in [2.45, 2.75) is 13.8 Å². The van der Waals surface area contributed by atoms with Crippen LogP contribution in [0.15, 0.2) is 99.9 Å². The Morgan fingerprint density at radius 2 is 1.40 bits per heavy atom. The molecular weight excluding hydrogens is 434 g/mol. The first kappa shape index (κ1) is 20.9. The van der Waals surface area contributed by atoms with Crippen molar-refractivity contribution in [1.29, 1.82) is 0 Å². The summed E-state index contributed by atoms with van der Waals surface area (Å²) in [7, 11) is 1.92. The van der Waals surface area contributed by atoms with Crippen molar-refractivity contribution in [3.05, 3.63) is 107 Å². The molecule has 0 unspecified atom stereocenters. The Hall–Kier alpha value is -4.65. The zero-order valence-corrected chi connectivity index (χ0v) is 19.7. The normalized spacial score (nSPS) is 14.5. The van der Waals surface area contributed by atoms with Crippen LogP contribution < -0.4 is 0 Å². The first-order chi connectivity index (χ1) is 17.1. The van der Waals surface area contributed by atoms with Gasteiger partial charge in [-0.25, -0.2) is 19.7 Å². The average Bonchev–Trinajstić information content (AvgIpc) is 3.54. The van der Waals surface area contributed by atoms with E-state index in [9.17, 15) is 0 Å². The van der Waals surface area contributed by atoms with Crippen molar-refractivity contribution in [2.24, 2.45) is 22.0 Å². The van der Waals surface area contributed by atoms with Crippen LogP contribution in [0, 0.1) is 13.8 Å². The molecular formula is C28H23N7. The van der Waals surface area contributed by atoms with Crippen LogP contribution in [0.25, 0.3) is 17.0 Å². The highest BCUT2D eigenvalue weighted by Gasteiger charge is 2.24. The number of nitrogens with zero attached hydrogens (tertiary/aromatic N) is 7. The number of aryl methyl sites for hydroxylation is 3. The van der Waals surface area contributed by atoms with Crippen molar-refractivity contribution >= 4 is 28.7 Å². The second-order valence-corrected chi connectivity index (χ2v) is 8.55. The van der Waals surface area contributed by atoms with Crippen molar-refractivity contribution in [3.63, 3.8) is 0 Å². The molecule has 0 spiro atoms. The summed E-state index contributed by atoms with van der Waals surface area (Å²) in [5.74, 6) is 1.98. The van der Waals surface area contributed by atoms with Crippen LogP contribution in [0.1, 0.15) is 22.4 Å². The Kier molecular flexibility index (Phi) is 4.95. The first-order valence-corrected chi connectivity index (χ1v) is 11.4. The molecule has 5 aromatic rings. The Bertz CT molecular complexity index is 1650. The van der Waals surface area contributed by atoms with Gasteiger partial charge in [0.05, 0.1) is 5.69 Å². The lowest BCUT2D eigenvalue weighted by molar-refractivity contribution is 0.800. The van der Waals surface area contributed by atoms with Gasteiger partial charge in [0, 0.05) is 23.7 Å². The smallest absolute Gasteiger partial charge is 0.183 e. The number of aliphatic imine (C=N–C) groups is 3. The van der Waals surface area contributed by atoms with Crippen LogP contribution in [-0.4, -0.2) is 36.8 Å². The lowest BCUT2D eigenvalue weighted by atomic mass is 10.1. The van der Waals surface area contributed by atoms with Gasteiger partial charge in [-0.3, -0.25) is 0 Å². The summed E-state index contributed by atoms with van der Waals surface area (Å²) in [4.78, 5) is 14.7. The highest BCUT2D eigenvalue weighted by molar-refractivity contribution is 6.54. The van der Waals surface area contributed by atoms with Crippen LogP contribution in [0.5, 0.6) is 0 Å². The van der Waals surface area contributed by atoms with E-state index in [2.05, 4.69) is 19.1 Å². The molecule has 0 bridgehead atoms. The Morgan fingerprint density at radius 3 is 2.11 bits per heavy atom. The van der Waals surface area contributed by atoms with E-state index in [1.54, 1.807) is 0 Å². The lowest BCUT2D eigenvalue weighted by Gasteiger charge is -2.01. The van der Waals surface area contributed by atoms with E-state index in [4.69, 9.17) is 25.2 Å². The molecule has 7 heteroatoms. The molecule has 6 rings (SSSR count). The Morgan fingerprint density at radius 1 is 0.714 bits per heavy atom. The molecule has 170 valence electrons. The number of amidine groups is 2. The van der Waals surface area contributed by atoms with E-state index in [-0.39, 0.29) is 0 Å². The van der Waals surface area contributed by atoms with E-state index < -0.39 is 0 Å². The standard InChI is InChI=1S/C28H23N7/c1-18-11-10-16-22(17-18)27-33-34(3)28-23(19(2)32-35(27)28)29-26-24(20-12-6-4-7-13-20)30-25(31-26)21-14-8-5-9-15-21/h4-17H,1-3H3. The Labute approximate surface area is 202 Å². The summed E-state index contributed by atoms with van der Waals surface area (Å²) in [6.45, 7) is 4.03. The SMILES string of the molecule is Cc1cccc(-c2nn(C)c3c(N=C4N=C(c5ccccc5)N=C4c4ccccc4)c(C)nn23)c1. The summed E-state index contributed by atoms with van der Waals surface area (Å²) in [5.41, 5.74) is 7.17. The molecule has 0 saturated heterocycles. The molecule has 3 aromatic carbocycles. The summed E-state index contributed by atoms with van der Waals surface area (Å²) in [6.07, 6.45) is 0. The molecule has 0 amide bonds. The first-order valence-electron chi connectivity index (χ1n) is 11.4. The van der Waals surface area contributed by atoms with Crippen LogP contribution in [0.3, 0.4) is 0 Å². The van der Waals surface area contributed by atoms with Crippen LogP contribution in [0.4, 0.5) is 5.69 Å². The second kappa shape index (κ2) is 8.29. The van der Waals surface area contributed by atoms with Crippen molar-refractivity contribution in [1.82, 2.24) is 19.4 Å². The van der Waals surface area contributed by atoms with E-state index in [0.29, 0.717) is 11.7 Å². The second-order valence-electron chi connectivity index (χ2n) is 8.55. The predicted octanol–water partition coefficient (Wildman–Crippen LogP) is 5.33. The van der Waals surface area contributed by atoms with Crippen molar-refractivity contribution < 1.29 is 0 Å². The highest BCUT2D eigenvalue weighted by atomic mass is 15.4. The zero-order chi connectivity index (χ0) is 23.9. The minimum atomic E-state index is 0.561. The fraction of sp³-hybridized carbons (Fsp3) is 0.107. The molecule has 0 radical (unpaired) electrons. The third kappa shape index (κ3) is 3.67. The maximum Gasteiger partial charge on any atom is 0.183 e. The number of hydrogen-bond donors (Lipinski definition) is 0. The minimum absolute atomic E-state index is 0.561. The number of hydrogen-bond acceptors (Lipinski definition) is 4. The molecule has 0 atom stereocenters. The predicted molar refractivity (Wildman–Crippen MR) is 140 cm³/mol. The van der Waals surface area contributed by atoms with Gasteiger partial charge in [-0.05, 0) is 19.9 Å². The van der Waals surface area contributed by atoms with Crippen LogP contribution in [-0.2, 0) is 7.05 Å². The van der Waals surface area contributed by atoms with Gasteiger partial charge in [0.1, 0.15) is 11.4 Å². The highest BCUT2D eigenvalue weighted by Crippen LogP contribution is 2.30. The molecule has 0 saturated carbocycles. The van der Waals surface area contributed by atoms with E-state index in [0.717, 1.165) is 45.3 Å². The molecule has 3 heterocycles. The maximum atomic E-state index is 5.02. The summed E-state index contributed by atoms with van der Waals surface area (Å²) < 4.78 is 3.69. The minimum Gasteiger partial charge on any atom is -0.247 e. The van der Waals surface area contributed by atoms with Gasteiger partial charge < -0.3 is 0 Å². The van der Waals surface area contributed by atoms with E-state index in [1.165, 1.54) is 5.56 Å². The van der Waals surface area contributed by atoms with Gasteiger partial charge >= 0.3 is 0 Å². The molecule has 0 aliphatic carbocycles.